The summed E-state index contributed by atoms with van der Waals surface area (Å²) < 4.78 is 0. The Morgan fingerprint density at radius 2 is 1.39 bits per heavy atom. The Morgan fingerprint density at radius 3 is 1.91 bits per heavy atom. The molecule has 0 radical (unpaired) electrons. The molecule has 0 aromatic heterocycles. The van der Waals surface area contributed by atoms with Crippen molar-refractivity contribution >= 4 is 11.8 Å². The molecule has 0 heterocycles. The van der Waals surface area contributed by atoms with Gasteiger partial charge in [-0.3, -0.25) is 9.59 Å². The molecular formula is C19H34N2O2. The summed E-state index contributed by atoms with van der Waals surface area (Å²) >= 11 is 0. The van der Waals surface area contributed by atoms with Gasteiger partial charge < -0.3 is 10.2 Å². The monoisotopic (exact) mass is 322 g/mol. The molecule has 2 aliphatic carbocycles. The molecule has 0 aromatic rings. The second kappa shape index (κ2) is 9.94. The highest BCUT2D eigenvalue weighted by molar-refractivity contribution is 5.78. The van der Waals surface area contributed by atoms with Crippen molar-refractivity contribution in [3.63, 3.8) is 0 Å². The van der Waals surface area contributed by atoms with E-state index in [9.17, 15) is 9.59 Å². The van der Waals surface area contributed by atoms with E-state index in [2.05, 4.69) is 5.32 Å². The highest BCUT2D eigenvalue weighted by atomic mass is 16.2. The molecule has 23 heavy (non-hydrogen) atoms. The maximum absolute atomic E-state index is 12.3. The minimum atomic E-state index is 0.122. The molecule has 4 heteroatoms. The van der Waals surface area contributed by atoms with Crippen LogP contribution in [-0.2, 0) is 9.59 Å². The van der Waals surface area contributed by atoms with Gasteiger partial charge in [0.25, 0.3) is 0 Å². The largest absolute Gasteiger partial charge is 0.353 e. The second-order valence-corrected chi connectivity index (χ2v) is 7.36. The SMILES string of the molecule is CC(=O)N(CCC(=O)NC1CCCCCC1)C1CCCCCC1. The summed E-state index contributed by atoms with van der Waals surface area (Å²) in [5.74, 6) is 0.246. The maximum atomic E-state index is 12.3. The zero-order valence-electron chi connectivity index (χ0n) is 14.8. The molecule has 0 bridgehead atoms. The lowest BCUT2D eigenvalue weighted by atomic mass is 10.1. The van der Waals surface area contributed by atoms with Crippen molar-refractivity contribution < 1.29 is 9.59 Å². The van der Waals surface area contributed by atoms with Crippen molar-refractivity contribution in [1.29, 1.82) is 0 Å². The average Bonchev–Trinajstić information content (AvgIpc) is 2.92. The Labute approximate surface area is 141 Å². The van der Waals surface area contributed by atoms with Gasteiger partial charge in [-0.05, 0) is 25.7 Å². The predicted molar refractivity (Wildman–Crippen MR) is 93.1 cm³/mol. The topological polar surface area (TPSA) is 49.4 Å². The Bertz CT molecular complexity index is 368. The Kier molecular flexibility index (Phi) is 7.90. The summed E-state index contributed by atoms with van der Waals surface area (Å²) in [6, 6.07) is 0.703. The van der Waals surface area contributed by atoms with Crippen molar-refractivity contribution in [1.82, 2.24) is 10.2 Å². The first-order valence-corrected chi connectivity index (χ1v) is 9.73. The predicted octanol–water partition coefficient (Wildman–Crippen LogP) is 3.79. The van der Waals surface area contributed by atoms with Gasteiger partial charge in [0, 0.05) is 32.0 Å². The molecule has 1 N–H and O–H groups in total. The summed E-state index contributed by atoms with van der Waals surface area (Å²) in [5, 5.41) is 3.19. The van der Waals surface area contributed by atoms with Crippen LogP contribution in [0.15, 0.2) is 0 Å². The van der Waals surface area contributed by atoms with Crippen LogP contribution in [-0.4, -0.2) is 35.3 Å². The minimum Gasteiger partial charge on any atom is -0.353 e. The lowest BCUT2D eigenvalue weighted by Crippen LogP contribution is -2.42. The average molecular weight is 322 g/mol. The fraction of sp³-hybridized carbons (Fsp3) is 0.895. The molecule has 4 nitrogen and oxygen atoms in total. The molecule has 0 atom stereocenters. The van der Waals surface area contributed by atoms with Crippen LogP contribution in [0.25, 0.3) is 0 Å². The van der Waals surface area contributed by atoms with Crippen molar-refractivity contribution in [2.24, 2.45) is 0 Å². The number of carbonyl (C=O) groups is 2. The van der Waals surface area contributed by atoms with E-state index in [0.717, 1.165) is 25.7 Å². The first kappa shape index (κ1) is 18.3. The van der Waals surface area contributed by atoms with E-state index in [1.165, 1.54) is 51.4 Å². The van der Waals surface area contributed by atoms with Gasteiger partial charge in [0.2, 0.25) is 11.8 Å². The van der Waals surface area contributed by atoms with Crippen molar-refractivity contribution in [3.05, 3.63) is 0 Å². The lowest BCUT2D eigenvalue weighted by molar-refractivity contribution is -0.132. The van der Waals surface area contributed by atoms with Gasteiger partial charge in [-0.2, -0.15) is 0 Å². The number of carbonyl (C=O) groups excluding carboxylic acids is 2. The van der Waals surface area contributed by atoms with Crippen LogP contribution in [0.2, 0.25) is 0 Å². The fourth-order valence-corrected chi connectivity index (χ4v) is 4.11. The van der Waals surface area contributed by atoms with Gasteiger partial charge in [-0.25, -0.2) is 0 Å². The first-order valence-electron chi connectivity index (χ1n) is 9.73. The van der Waals surface area contributed by atoms with E-state index < -0.39 is 0 Å². The molecule has 2 fully saturated rings. The van der Waals surface area contributed by atoms with Gasteiger partial charge in [0.15, 0.2) is 0 Å². The molecule has 0 spiro atoms. The molecule has 132 valence electrons. The van der Waals surface area contributed by atoms with Gasteiger partial charge in [0.1, 0.15) is 0 Å². The Hall–Kier alpha value is -1.06. The molecule has 0 aliphatic heterocycles. The van der Waals surface area contributed by atoms with Crippen molar-refractivity contribution in [3.8, 4) is 0 Å². The third-order valence-corrected chi connectivity index (χ3v) is 5.47. The number of nitrogens with zero attached hydrogens (tertiary/aromatic N) is 1. The van der Waals surface area contributed by atoms with E-state index in [0.29, 0.717) is 25.0 Å². The van der Waals surface area contributed by atoms with Gasteiger partial charge in [-0.15, -0.1) is 0 Å². The number of nitrogens with one attached hydrogen (secondary N) is 1. The van der Waals surface area contributed by atoms with Crippen LogP contribution in [0.1, 0.15) is 90.4 Å². The summed E-state index contributed by atoms with van der Waals surface area (Å²) in [4.78, 5) is 26.2. The minimum absolute atomic E-state index is 0.122. The maximum Gasteiger partial charge on any atom is 0.221 e. The van der Waals surface area contributed by atoms with E-state index in [1.54, 1.807) is 6.92 Å². The molecule has 2 saturated carbocycles. The van der Waals surface area contributed by atoms with Crippen LogP contribution in [0.4, 0.5) is 0 Å². The van der Waals surface area contributed by atoms with Gasteiger partial charge >= 0.3 is 0 Å². The second-order valence-electron chi connectivity index (χ2n) is 7.36. The number of hydrogen-bond acceptors (Lipinski definition) is 2. The number of hydrogen-bond donors (Lipinski definition) is 1. The fourth-order valence-electron chi connectivity index (χ4n) is 4.11. The van der Waals surface area contributed by atoms with Crippen LogP contribution in [0.5, 0.6) is 0 Å². The van der Waals surface area contributed by atoms with Crippen LogP contribution in [0, 0.1) is 0 Å². The summed E-state index contributed by atoms with van der Waals surface area (Å²) in [6.07, 6.45) is 14.9. The van der Waals surface area contributed by atoms with E-state index in [-0.39, 0.29) is 11.8 Å². The van der Waals surface area contributed by atoms with Crippen molar-refractivity contribution in [2.75, 3.05) is 6.54 Å². The lowest BCUT2D eigenvalue weighted by Gasteiger charge is -2.30. The summed E-state index contributed by atoms with van der Waals surface area (Å²) in [6.45, 7) is 2.23. The molecule has 2 amide bonds. The molecule has 0 saturated heterocycles. The summed E-state index contributed by atoms with van der Waals surface area (Å²) in [7, 11) is 0. The van der Waals surface area contributed by atoms with E-state index >= 15 is 0 Å². The summed E-state index contributed by atoms with van der Waals surface area (Å²) in [5.41, 5.74) is 0. The molecular weight excluding hydrogens is 288 g/mol. The van der Waals surface area contributed by atoms with Crippen LogP contribution >= 0.6 is 0 Å². The third kappa shape index (κ3) is 6.52. The normalized spacial score (nSPS) is 21.3. The van der Waals surface area contributed by atoms with Crippen molar-refractivity contribution in [2.45, 2.75) is 102 Å². The molecule has 2 rings (SSSR count). The Morgan fingerprint density at radius 1 is 0.870 bits per heavy atom. The first-order chi connectivity index (χ1) is 11.2. The van der Waals surface area contributed by atoms with Gasteiger partial charge in [0.05, 0.1) is 0 Å². The number of amides is 2. The highest BCUT2D eigenvalue weighted by Crippen LogP contribution is 2.22. The number of rotatable bonds is 5. The van der Waals surface area contributed by atoms with E-state index in [1.807, 2.05) is 4.90 Å². The third-order valence-electron chi connectivity index (χ3n) is 5.47. The highest BCUT2D eigenvalue weighted by Gasteiger charge is 2.23. The van der Waals surface area contributed by atoms with Crippen LogP contribution < -0.4 is 5.32 Å². The molecule has 0 aromatic carbocycles. The van der Waals surface area contributed by atoms with Gasteiger partial charge in [-0.1, -0.05) is 51.4 Å². The van der Waals surface area contributed by atoms with Crippen LogP contribution in [0.3, 0.4) is 0 Å². The standard InChI is InChI=1S/C19H34N2O2/c1-16(22)21(18-12-8-4-5-9-13-18)15-14-19(23)20-17-10-6-2-3-7-11-17/h17-18H,2-15H2,1H3,(H,20,23). The quantitative estimate of drug-likeness (QED) is 0.783. The zero-order valence-corrected chi connectivity index (χ0v) is 14.8. The molecule has 0 unspecified atom stereocenters. The zero-order chi connectivity index (χ0) is 16.5. The molecule has 2 aliphatic rings. The van der Waals surface area contributed by atoms with E-state index in [4.69, 9.17) is 0 Å². The smallest absolute Gasteiger partial charge is 0.221 e. The Balaban J connectivity index is 1.78.